The summed E-state index contributed by atoms with van der Waals surface area (Å²) in [6, 6.07) is 24.2. The van der Waals surface area contributed by atoms with Crippen LogP contribution in [-0.2, 0) is 14.4 Å². The van der Waals surface area contributed by atoms with Gasteiger partial charge in [-0.05, 0) is 77.6 Å². The summed E-state index contributed by atoms with van der Waals surface area (Å²) < 4.78 is 27.1. The SMILES string of the molecule is C=CC(=O)Oc1ccc(/C=C/c2ccc(-c3ccc(-c4ccc(OC)c(OC=O)c4)cc3OC=C(C)C)cc2)cc1OC(=O)CC. The van der Waals surface area contributed by atoms with Gasteiger partial charge >= 0.3 is 11.9 Å². The Morgan fingerprint density at radius 1 is 0.696 bits per heavy atom. The second-order valence-electron chi connectivity index (χ2n) is 10.2. The van der Waals surface area contributed by atoms with Crippen LogP contribution in [0.15, 0.2) is 103 Å². The van der Waals surface area contributed by atoms with Gasteiger partial charge in [0.1, 0.15) is 5.75 Å². The maximum Gasteiger partial charge on any atom is 0.335 e. The number of methoxy groups -OCH3 is 1. The molecule has 0 aliphatic carbocycles. The van der Waals surface area contributed by atoms with E-state index in [4.69, 9.17) is 23.7 Å². The zero-order chi connectivity index (χ0) is 33.1. The molecule has 0 bridgehead atoms. The molecule has 0 N–H and O–H groups in total. The number of carbonyl (C=O) groups is 3. The molecule has 4 aromatic carbocycles. The summed E-state index contributed by atoms with van der Waals surface area (Å²) in [5.41, 5.74) is 6.21. The third-order valence-electron chi connectivity index (χ3n) is 6.62. The van der Waals surface area contributed by atoms with Crippen molar-refractivity contribution < 1.29 is 38.1 Å². The van der Waals surface area contributed by atoms with Gasteiger partial charge in [0.15, 0.2) is 23.0 Å². The van der Waals surface area contributed by atoms with Gasteiger partial charge in [-0.1, -0.05) is 74.2 Å². The normalized spacial score (nSPS) is 10.5. The lowest BCUT2D eigenvalue weighted by molar-refractivity contribution is -0.135. The second-order valence-corrected chi connectivity index (χ2v) is 10.2. The van der Waals surface area contributed by atoms with Crippen molar-refractivity contribution in [3.05, 3.63) is 114 Å². The molecule has 8 nitrogen and oxygen atoms in total. The van der Waals surface area contributed by atoms with Crippen LogP contribution in [0.25, 0.3) is 34.4 Å². The molecule has 0 amide bonds. The molecule has 0 radical (unpaired) electrons. The molecule has 46 heavy (non-hydrogen) atoms. The lowest BCUT2D eigenvalue weighted by atomic mass is 9.98. The maximum atomic E-state index is 11.9. The number of hydrogen-bond acceptors (Lipinski definition) is 8. The molecule has 0 atom stereocenters. The molecule has 8 heteroatoms. The Hall–Kier alpha value is -5.89. The monoisotopic (exact) mass is 618 g/mol. The topological polar surface area (TPSA) is 97.4 Å². The Morgan fingerprint density at radius 2 is 1.33 bits per heavy atom. The molecule has 0 heterocycles. The zero-order valence-electron chi connectivity index (χ0n) is 26.1. The van der Waals surface area contributed by atoms with E-state index in [1.54, 1.807) is 43.5 Å². The van der Waals surface area contributed by atoms with E-state index in [1.807, 2.05) is 74.5 Å². The van der Waals surface area contributed by atoms with Crippen molar-refractivity contribution in [2.45, 2.75) is 27.2 Å². The highest BCUT2D eigenvalue weighted by molar-refractivity contribution is 5.85. The fraction of sp³-hybridized carbons (Fsp3) is 0.132. The minimum Gasteiger partial charge on any atom is -0.493 e. The van der Waals surface area contributed by atoms with Gasteiger partial charge in [-0.25, -0.2) is 4.79 Å². The molecule has 0 saturated carbocycles. The fourth-order valence-corrected chi connectivity index (χ4v) is 4.32. The highest BCUT2D eigenvalue weighted by atomic mass is 16.6. The van der Waals surface area contributed by atoms with E-state index in [1.165, 1.54) is 7.11 Å². The molecule has 0 saturated heterocycles. The summed E-state index contributed by atoms with van der Waals surface area (Å²) in [6.45, 7) is 9.36. The van der Waals surface area contributed by atoms with Crippen LogP contribution < -0.4 is 23.7 Å². The molecule has 0 unspecified atom stereocenters. The quantitative estimate of drug-likeness (QED) is 0.0368. The third-order valence-corrected chi connectivity index (χ3v) is 6.62. The van der Waals surface area contributed by atoms with E-state index in [2.05, 4.69) is 6.58 Å². The first-order valence-corrected chi connectivity index (χ1v) is 14.4. The van der Waals surface area contributed by atoms with Crippen LogP contribution in [-0.4, -0.2) is 25.5 Å². The zero-order valence-corrected chi connectivity index (χ0v) is 26.1. The number of esters is 2. The van der Waals surface area contributed by atoms with Crippen LogP contribution in [0.2, 0.25) is 0 Å². The number of carbonyl (C=O) groups excluding carboxylic acids is 3. The van der Waals surface area contributed by atoms with Crippen molar-refractivity contribution in [3.8, 4) is 51.0 Å². The number of rotatable bonds is 13. The molecule has 0 aromatic heterocycles. The summed E-state index contributed by atoms with van der Waals surface area (Å²) in [6.07, 6.45) is 6.70. The highest BCUT2D eigenvalue weighted by Gasteiger charge is 2.14. The van der Waals surface area contributed by atoms with Crippen LogP contribution in [0.5, 0.6) is 28.7 Å². The largest absolute Gasteiger partial charge is 0.493 e. The molecular weight excluding hydrogens is 584 g/mol. The Balaban J connectivity index is 1.61. The van der Waals surface area contributed by atoms with E-state index in [9.17, 15) is 14.4 Å². The van der Waals surface area contributed by atoms with Crippen LogP contribution in [0, 0.1) is 0 Å². The van der Waals surface area contributed by atoms with Crippen molar-refractivity contribution in [1.29, 1.82) is 0 Å². The van der Waals surface area contributed by atoms with Gasteiger partial charge in [-0.2, -0.15) is 0 Å². The molecule has 4 aromatic rings. The van der Waals surface area contributed by atoms with Crippen molar-refractivity contribution >= 4 is 30.6 Å². The minimum atomic E-state index is -0.653. The summed E-state index contributed by atoms with van der Waals surface area (Å²) in [4.78, 5) is 34.7. The van der Waals surface area contributed by atoms with Crippen molar-refractivity contribution in [3.63, 3.8) is 0 Å². The molecule has 0 spiro atoms. The lowest BCUT2D eigenvalue weighted by Gasteiger charge is -2.13. The van der Waals surface area contributed by atoms with Crippen LogP contribution in [0.3, 0.4) is 0 Å². The van der Waals surface area contributed by atoms with E-state index in [0.29, 0.717) is 23.7 Å². The minimum absolute atomic E-state index is 0.132. The molecular formula is C38H34O8. The van der Waals surface area contributed by atoms with Gasteiger partial charge < -0.3 is 23.7 Å². The van der Waals surface area contributed by atoms with E-state index in [0.717, 1.165) is 45.0 Å². The maximum absolute atomic E-state index is 11.9. The third kappa shape index (κ3) is 8.60. The Labute approximate surface area is 268 Å². The number of benzene rings is 4. The van der Waals surface area contributed by atoms with Gasteiger partial charge in [0.25, 0.3) is 6.47 Å². The first-order valence-electron chi connectivity index (χ1n) is 14.4. The van der Waals surface area contributed by atoms with Crippen molar-refractivity contribution in [1.82, 2.24) is 0 Å². The number of ether oxygens (including phenoxy) is 5. The van der Waals surface area contributed by atoms with Gasteiger partial charge in [0.2, 0.25) is 0 Å². The predicted molar refractivity (Wildman–Crippen MR) is 178 cm³/mol. The molecule has 0 aliphatic rings. The molecule has 4 rings (SSSR count). The predicted octanol–water partition coefficient (Wildman–Crippen LogP) is 8.44. The van der Waals surface area contributed by atoms with Crippen LogP contribution >= 0.6 is 0 Å². The highest BCUT2D eigenvalue weighted by Crippen LogP contribution is 2.38. The van der Waals surface area contributed by atoms with Crippen LogP contribution in [0.4, 0.5) is 0 Å². The van der Waals surface area contributed by atoms with E-state index < -0.39 is 11.9 Å². The summed E-state index contributed by atoms with van der Waals surface area (Å²) in [5.74, 6) is 0.603. The number of allylic oxidation sites excluding steroid dienone is 1. The van der Waals surface area contributed by atoms with E-state index >= 15 is 0 Å². The average molecular weight is 619 g/mol. The Morgan fingerprint density at radius 3 is 1.98 bits per heavy atom. The fourth-order valence-electron chi connectivity index (χ4n) is 4.32. The summed E-state index contributed by atoms with van der Waals surface area (Å²) >= 11 is 0. The standard InChI is InChI=1S/C38H34O8/c1-6-37(40)45-33-18-12-27(20-36(33)46-38(41)7-2)9-8-26-10-13-28(14-11-26)31-17-15-29(21-34(31)43-23-25(3)4)30-16-19-32(42-5)35(22-30)44-24-39/h6,8-24H,1,7H2,2-5H3/b9-8+. The van der Waals surface area contributed by atoms with Gasteiger partial charge in [0, 0.05) is 18.1 Å². The molecule has 234 valence electrons. The first-order chi connectivity index (χ1) is 22.2. The first kappa shape index (κ1) is 33.0. The molecule has 0 fully saturated rings. The average Bonchev–Trinajstić information content (AvgIpc) is 3.07. The summed E-state index contributed by atoms with van der Waals surface area (Å²) in [7, 11) is 1.51. The van der Waals surface area contributed by atoms with E-state index in [-0.39, 0.29) is 17.9 Å². The van der Waals surface area contributed by atoms with Gasteiger partial charge in [0.05, 0.1) is 13.4 Å². The Kier molecular flexibility index (Phi) is 11.3. The van der Waals surface area contributed by atoms with Crippen molar-refractivity contribution in [2.75, 3.05) is 7.11 Å². The van der Waals surface area contributed by atoms with Crippen LogP contribution in [0.1, 0.15) is 38.3 Å². The smallest absolute Gasteiger partial charge is 0.335 e. The van der Waals surface area contributed by atoms with Crippen molar-refractivity contribution in [2.24, 2.45) is 0 Å². The lowest BCUT2D eigenvalue weighted by Crippen LogP contribution is -2.09. The molecule has 0 aliphatic heterocycles. The number of hydrogen-bond donors (Lipinski definition) is 0. The second kappa shape index (κ2) is 15.7. The summed E-state index contributed by atoms with van der Waals surface area (Å²) in [5, 5.41) is 0. The Bertz CT molecular complexity index is 1790. The van der Waals surface area contributed by atoms with Gasteiger partial charge in [-0.3, -0.25) is 9.59 Å². The van der Waals surface area contributed by atoms with Gasteiger partial charge in [-0.15, -0.1) is 0 Å².